The Morgan fingerprint density at radius 3 is 2.73 bits per heavy atom. The molecule has 1 aliphatic rings. The molecular formula is C10H15F2N3. The van der Waals surface area contributed by atoms with Gasteiger partial charge in [-0.1, -0.05) is 13.8 Å². The third-order valence-electron chi connectivity index (χ3n) is 2.95. The molecule has 2 rings (SSSR count). The van der Waals surface area contributed by atoms with Crippen LogP contribution in [0.1, 0.15) is 38.3 Å². The Hall–Kier alpha value is -1.00. The molecule has 0 N–H and O–H groups in total. The van der Waals surface area contributed by atoms with Crippen LogP contribution in [-0.2, 0) is 6.54 Å². The third kappa shape index (κ3) is 2.01. The van der Waals surface area contributed by atoms with Gasteiger partial charge in [0.15, 0.2) is 0 Å². The van der Waals surface area contributed by atoms with E-state index in [1.54, 1.807) is 6.20 Å². The summed E-state index contributed by atoms with van der Waals surface area (Å²) in [7, 11) is 0. The highest BCUT2D eigenvalue weighted by molar-refractivity contribution is 4.97. The van der Waals surface area contributed by atoms with E-state index in [9.17, 15) is 8.78 Å². The molecular weight excluding hydrogens is 200 g/mol. The second-order valence-electron chi connectivity index (χ2n) is 4.48. The molecule has 1 aromatic rings. The molecule has 0 amide bonds. The van der Waals surface area contributed by atoms with E-state index in [0.29, 0.717) is 12.3 Å². The minimum atomic E-state index is -2.51. The Morgan fingerprint density at radius 2 is 2.33 bits per heavy atom. The molecule has 0 radical (unpaired) electrons. The molecule has 3 nitrogen and oxygen atoms in total. The average Bonchev–Trinajstić information content (AvgIpc) is 2.61. The van der Waals surface area contributed by atoms with E-state index in [2.05, 4.69) is 10.2 Å². The van der Waals surface area contributed by atoms with Crippen molar-refractivity contribution in [1.82, 2.24) is 15.0 Å². The first-order valence-electron chi connectivity index (χ1n) is 5.27. The highest BCUT2D eigenvalue weighted by Gasteiger charge is 2.48. The summed E-state index contributed by atoms with van der Waals surface area (Å²) in [5, 5.41) is 8.17. The predicted octanol–water partition coefficient (Wildman–Crippen LogP) is 2.45. The first-order chi connectivity index (χ1) is 6.99. The standard InChI is InChI=1S/C10H15F2N3/c1-7(2)9-5-13-15(14-9)6-8-3-4-10(8,11)12/h5,7-8H,3-4,6H2,1-2H3. The van der Waals surface area contributed by atoms with Crippen LogP contribution in [0, 0.1) is 5.92 Å². The Bertz CT molecular complexity index is 346. The molecule has 1 atom stereocenters. The predicted molar refractivity (Wildman–Crippen MR) is 51.8 cm³/mol. The van der Waals surface area contributed by atoms with Crippen molar-refractivity contribution in [2.24, 2.45) is 5.92 Å². The Labute approximate surface area is 87.5 Å². The van der Waals surface area contributed by atoms with Crippen molar-refractivity contribution < 1.29 is 8.78 Å². The summed E-state index contributed by atoms with van der Waals surface area (Å²) in [6.45, 7) is 4.25. The number of hydrogen-bond acceptors (Lipinski definition) is 2. The van der Waals surface area contributed by atoms with Crippen LogP contribution in [-0.4, -0.2) is 20.9 Å². The molecule has 1 unspecified atom stereocenters. The van der Waals surface area contributed by atoms with E-state index in [-0.39, 0.29) is 13.0 Å². The zero-order valence-electron chi connectivity index (χ0n) is 8.95. The lowest BCUT2D eigenvalue weighted by atomic mass is 9.81. The van der Waals surface area contributed by atoms with Crippen LogP contribution in [0.25, 0.3) is 0 Å². The summed E-state index contributed by atoms with van der Waals surface area (Å²) >= 11 is 0. The van der Waals surface area contributed by atoms with Crippen molar-refractivity contribution in [1.29, 1.82) is 0 Å². The maximum absolute atomic E-state index is 13.0. The summed E-state index contributed by atoms with van der Waals surface area (Å²) in [5.74, 6) is -2.79. The molecule has 1 aromatic heterocycles. The van der Waals surface area contributed by atoms with E-state index in [0.717, 1.165) is 5.69 Å². The van der Waals surface area contributed by atoms with Crippen LogP contribution in [0.3, 0.4) is 0 Å². The lowest BCUT2D eigenvalue weighted by molar-refractivity contribution is -0.139. The van der Waals surface area contributed by atoms with E-state index in [1.165, 1.54) is 4.80 Å². The SMILES string of the molecule is CC(C)c1cnn(CC2CCC2(F)F)n1. The first kappa shape index (κ1) is 10.5. The Balaban J connectivity index is 1.99. The highest BCUT2D eigenvalue weighted by atomic mass is 19.3. The lowest BCUT2D eigenvalue weighted by Crippen LogP contribution is -2.41. The van der Waals surface area contributed by atoms with E-state index in [1.807, 2.05) is 13.8 Å². The fourth-order valence-electron chi connectivity index (χ4n) is 1.65. The molecule has 0 saturated heterocycles. The van der Waals surface area contributed by atoms with Gasteiger partial charge in [-0.3, -0.25) is 0 Å². The number of hydrogen-bond donors (Lipinski definition) is 0. The molecule has 0 aromatic carbocycles. The molecule has 0 aliphatic heterocycles. The quantitative estimate of drug-likeness (QED) is 0.775. The smallest absolute Gasteiger partial charge is 0.207 e. The van der Waals surface area contributed by atoms with Crippen molar-refractivity contribution in [2.45, 2.75) is 45.1 Å². The van der Waals surface area contributed by atoms with Gasteiger partial charge in [-0.05, 0) is 12.3 Å². The minimum absolute atomic E-state index is 0.00989. The summed E-state index contributed by atoms with van der Waals surface area (Å²) in [6.07, 6.45) is 2.24. The molecule has 1 fully saturated rings. The minimum Gasteiger partial charge on any atom is -0.207 e. The molecule has 15 heavy (non-hydrogen) atoms. The van der Waals surface area contributed by atoms with Crippen molar-refractivity contribution in [2.75, 3.05) is 0 Å². The average molecular weight is 215 g/mol. The van der Waals surface area contributed by atoms with E-state index >= 15 is 0 Å². The van der Waals surface area contributed by atoms with Crippen LogP contribution < -0.4 is 0 Å². The van der Waals surface area contributed by atoms with Crippen LogP contribution in [0.5, 0.6) is 0 Å². The van der Waals surface area contributed by atoms with Gasteiger partial charge in [0, 0.05) is 12.3 Å². The van der Waals surface area contributed by atoms with Gasteiger partial charge in [0.2, 0.25) is 0 Å². The monoisotopic (exact) mass is 215 g/mol. The van der Waals surface area contributed by atoms with Crippen LogP contribution >= 0.6 is 0 Å². The lowest BCUT2D eigenvalue weighted by Gasteiger charge is -2.35. The second kappa shape index (κ2) is 3.54. The third-order valence-corrected chi connectivity index (χ3v) is 2.95. The van der Waals surface area contributed by atoms with Gasteiger partial charge >= 0.3 is 0 Å². The van der Waals surface area contributed by atoms with Crippen molar-refractivity contribution >= 4 is 0 Å². The Morgan fingerprint density at radius 1 is 1.60 bits per heavy atom. The summed E-state index contributed by atoms with van der Waals surface area (Å²) in [6, 6.07) is 0. The van der Waals surface area contributed by atoms with Crippen molar-refractivity contribution in [3.63, 3.8) is 0 Å². The van der Waals surface area contributed by atoms with Crippen LogP contribution in [0.15, 0.2) is 6.20 Å². The number of halogens is 2. The molecule has 1 saturated carbocycles. The summed E-state index contributed by atoms with van der Waals surface area (Å²) in [5.41, 5.74) is 0.859. The fraction of sp³-hybridized carbons (Fsp3) is 0.800. The van der Waals surface area contributed by atoms with Gasteiger partial charge in [0.05, 0.1) is 18.4 Å². The first-order valence-corrected chi connectivity index (χ1v) is 5.27. The number of alkyl halides is 2. The van der Waals surface area contributed by atoms with Crippen molar-refractivity contribution in [3.05, 3.63) is 11.9 Å². The zero-order chi connectivity index (χ0) is 11.1. The topological polar surface area (TPSA) is 30.7 Å². The molecule has 0 spiro atoms. The van der Waals surface area contributed by atoms with Gasteiger partial charge in [-0.2, -0.15) is 15.0 Å². The Kier molecular flexibility index (Phi) is 2.48. The maximum atomic E-state index is 13.0. The summed E-state index contributed by atoms with van der Waals surface area (Å²) < 4.78 is 26.0. The molecule has 0 bridgehead atoms. The van der Waals surface area contributed by atoms with Gasteiger partial charge in [0.25, 0.3) is 5.92 Å². The number of nitrogens with zero attached hydrogens (tertiary/aromatic N) is 3. The van der Waals surface area contributed by atoms with Gasteiger partial charge in [-0.25, -0.2) is 8.78 Å². The zero-order valence-corrected chi connectivity index (χ0v) is 8.95. The van der Waals surface area contributed by atoms with E-state index < -0.39 is 11.8 Å². The molecule has 1 aliphatic carbocycles. The van der Waals surface area contributed by atoms with E-state index in [4.69, 9.17) is 0 Å². The maximum Gasteiger partial charge on any atom is 0.252 e. The molecule has 5 heteroatoms. The largest absolute Gasteiger partial charge is 0.252 e. The molecule has 1 heterocycles. The van der Waals surface area contributed by atoms with Crippen LogP contribution in [0.4, 0.5) is 8.78 Å². The van der Waals surface area contributed by atoms with Crippen molar-refractivity contribution in [3.8, 4) is 0 Å². The van der Waals surface area contributed by atoms with Gasteiger partial charge < -0.3 is 0 Å². The van der Waals surface area contributed by atoms with Crippen LogP contribution in [0.2, 0.25) is 0 Å². The number of aromatic nitrogens is 3. The van der Waals surface area contributed by atoms with Gasteiger partial charge in [0.1, 0.15) is 0 Å². The highest BCUT2D eigenvalue weighted by Crippen LogP contribution is 2.43. The number of rotatable bonds is 3. The fourth-order valence-corrected chi connectivity index (χ4v) is 1.65. The normalized spacial score (nSPS) is 24.2. The second-order valence-corrected chi connectivity index (χ2v) is 4.48. The van der Waals surface area contributed by atoms with Gasteiger partial charge in [-0.15, -0.1) is 0 Å². The molecule has 84 valence electrons. The summed E-state index contributed by atoms with van der Waals surface area (Å²) in [4.78, 5) is 1.40.